The van der Waals surface area contributed by atoms with Crippen LogP contribution in [0.5, 0.6) is 0 Å². The first-order chi connectivity index (χ1) is 9.99. The van der Waals surface area contributed by atoms with E-state index in [2.05, 4.69) is 15.7 Å². The van der Waals surface area contributed by atoms with Crippen LogP contribution < -0.4 is 10.6 Å². The van der Waals surface area contributed by atoms with Gasteiger partial charge in [-0.3, -0.25) is 4.68 Å². The van der Waals surface area contributed by atoms with E-state index in [1.165, 1.54) is 0 Å². The van der Waals surface area contributed by atoms with Gasteiger partial charge in [0.15, 0.2) is 0 Å². The minimum Gasteiger partial charge on any atom is -0.331 e. The molecule has 2 rings (SSSR count). The number of carbonyl (C=O) groups excluding carboxylic acids is 1. The van der Waals surface area contributed by atoms with Crippen molar-refractivity contribution in [3.63, 3.8) is 0 Å². The zero-order valence-corrected chi connectivity index (χ0v) is 13.6. The van der Waals surface area contributed by atoms with Crippen LogP contribution in [-0.4, -0.2) is 22.1 Å². The summed E-state index contributed by atoms with van der Waals surface area (Å²) in [7, 11) is 1.84. The highest BCUT2D eigenvalue weighted by Crippen LogP contribution is 2.27. The number of nitrogens with one attached hydrogen (secondary N) is 2. The average molecular weight is 325 g/mol. The van der Waals surface area contributed by atoms with E-state index in [0.717, 1.165) is 10.5 Å². The number of carbonyl (C=O) groups is 1. The lowest BCUT2D eigenvalue weighted by atomic mass is 10.2. The molecule has 2 N–H and O–H groups in total. The van der Waals surface area contributed by atoms with E-state index in [-0.39, 0.29) is 12.1 Å². The molecule has 0 radical (unpaired) electrons. The fourth-order valence-corrected chi connectivity index (χ4v) is 2.73. The molecular weight excluding hydrogens is 308 g/mol. The van der Waals surface area contributed by atoms with E-state index in [9.17, 15) is 4.79 Å². The second-order valence-electron chi connectivity index (χ2n) is 4.62. The minimum atomic E-state index is -0.278. The molecule has 0 unspecified atom stereocenters. The van der Waals surface area contributed by atoms with Gasteiger partial charge in [-0.15, -0.1) is 11.8 Å². The Balaban J connectivity index is 1.97. The lowest BCUT2D eigenvalue weighted by Gasteiger charge is -2.13. The fourth-order valence-electron chi connectivity index (χ4n) is 1.86. The summed E-state index contributed by atoms with van der Waals surface area (Å²) in [6, 6.07) is 5.04. The van der Waals surface area contributed by atoms with Crippen LogP contribution in [0.15, 0.2) is 35.5 Å². The maximum Gasteiger partial charge on any atom is 0.319 e. The Morgan fingerprint density at radius 2 is 2.24 bits per heavy atom. The van der Waals surface area contributed by atoms with E-state index >= 15 is 0 Å². The van der Waals surface area contributed by atoms with Crippen LogP contribution in [0.25, 0.3) is 0 Å². The quantitative estimate of drug-likeness (QED) is 0.843. The average Bonchev–Trinajstić information content (AvgIpc) is 2.85. The first-order valence-electron chi connectivity index (χ1n) is 6.39. The number of anilines is 1. The minimum absolute atomic E-state index is 0.125. The topological polar surface area (TPSA) is 59.0 Å². The van der Waals surface area contributed by atoms with Crippen LogP contribution in [0.4, 0.5) is 10.5 Å². The number of aromatic nitrogens is 2. The van der Waals surface area contributed by atoms with Gasteiger partial charge in [0.2, 0.25) is 0 Å². The van der Waals surface area contributed by atoms with Crippen molar-refractivity contribution in [1.29, 1.82) is 0 Å². The van der Waals surface area contributed by atoms with Crippen LogP contribution in [0.2, 0.25) is 5.02 Å². The second kappa shape index (κ2) is 6.87. The summed E-state index contributed by atoms with van der Waals surface area (Å²) in [5.74, 6) is 0. The van der Waals surface area contributed by atoms with E-state index in [1.54, 1.807) is 28.7 Å². The molecule has 0 bridgehead atoms. The van der Waals surface area contributed by atoms with E-state index in [1.807, 2.05) is 38.6 Å². The Labute approximate surface area is 133 Å². The number of hydrogen-bond donors (Lipinski definition) is 2. The third-order valence-electron chi connectivity index (χ3n) is 2.98. The molecule has 0 saturated heterocycles. The molecule has 1 heterocycles. The predicted octanol–water partition coefficient (Wildman–Crippen LogP) is 3.68. The molecule has 0 saturated carbocycles. The van der Waals surface area contributed by atoms with Gasteiger partial charge in [0.25, 0.3) is 0 Å². The predicted molar refractivity (Wildman–Crippen MR) is 87.0 cm³/mol. The largest absolute Gasteiger partial charge is 0.331 e. The van der Waals surface area contributed by atoms with Gasteiger partial charge >= 0.3 is 6.03 Å². The summed E-state index contributed by atoms with van der Waals surface area (Å²) in [5, 5.41) is 10.3. The van der Waals surface area contributed by atoms with Gasteiger partial charge < -0.3 is 10.6 Å². The van der Waals surface area contributed by atoms with Crippen molar-refractivity contribution in [2.45, 2.75) is 17.9 Å². The van der Waals surface area contributed by atoms with Gasteiger partial charge in [-0.25, -0.2) is 4.79 Å². The van der Waals surface area contributed by atoms with Crippen molar-refractivity contribution in [3.05, 3.63) is 41.2 Å². The number of nitrogens with zero attached hydrogens (tertiary/aromatic N) is 2. The van der Waals surface area contributed by atoms with Gasteiger partial charge in [0.1, 0.15) is 0 Å². The van der Waals surface area contributed by atoms with Crippen LogP contribution >= 0.6 is 23.4 Å². The molecule has 5 nitrogen and oxygen atoms in total. The summed E-state index contributed by atoms with van der Waals surface area (Å²) >= 11 is 7.68. The van der Waals surface area contributed by atoms with E-state index in [4.69, 9.17) is 11.6 Å². The molecule has 7 heteroatoms. The lowest BCUT2D eigenvalue weighted by molar-refractivity contribution is 0.249. The number of rotatable bonds is 4. The number of amides is 2. The van der Waals surface area contributed by atoms with Crippen LogP contribution in [0.1, 0.15) is 18.5 Å². The van der Waals surface area contributed by atoms with Crippen LogP contribution in [0.3, 0.4) is 0 Å². The van der Waals surface area contributed by atoms with E-state index < -0.39 is 0 Å². The van der Waals surface area contributed by atoms with Crippen molar-refractivity contribution >= 4 is 35.1 Å². The Kier molecular flexibility index (Phi) is 5.14. The molecule has 2 amide bonds. The summed E-state index contributed by atoms with van der Waals surface area (Å²) in [6.07, 6.45) is 5.56. The maximum absolute atomic E-state index is 12.0. The maximum atomic E-state index is 12.0. The summed E-state index contributed by atoms with van der Waals surface area (Å²) in [6.45, 7) is 1.90. The van der Waals surface area contributed by atoms with Crippen molar-refractivity contribution in [1.82, 2.24) is 15.1 Å². The molecule has 2 aromatic rings. The third kappa shape index (κ3) is 4.15. The number of thioether (sulfide) groups is 1. The summed E-state index contributed by atoms with van der Waals surface area (Å²) in [5.41, 5.74) is 1.61. The number of aryl methyl sites for hydroxylation is 1. The molecule has 0 aliphatic carbocycles. The fraction of sp³-hybridized carbons (Fsp3) is 0.286. The monoisotopic (exact) mass is 324 g/mol. The summed E-state index contributed by atoms with van der Waals surface area (Å²) in [4.78, 5) is 12.9. The number of urea groups is 1. The van der Waals surface area contributed by atoms with Crippen LogP contribution in [-0.2, 0) is 7.05 Å². The molecule has 112 valence electrons. The number of hydrogen-bond acceptors (Lipinski definition) is 3. The molecule has 1 atom stereocenters. The lowest BCUT2D eigenvalue weighted by Crippen LogP contribution is -2.31. The molecule has 1 aromatic heterocycles. The number of benzene rings is 1. The smallest absolute Gasteiger partial charge is 0.319 e. The molecule has 21 heavy (non-hydrogen) atoms. The highest BCUT2D eigenvalue weighted by Gasteiger charge is 2.11. The van der Waals surface area contributed by atoms with Crippen molar-refractivity contribution in [3.8, 4) is 0 Å². The van der Waals surface area contributed by atoms with Crippen LogP contribution in [0, 0.1) is 0 Å². The zero-order valence-electron chi connectivity index (χ0n) is 12.1. The van der Waals surface area contributed by atoms with Gasteiger partial charge in [-0.2, -0.15) is 5.10 Å². The molecule has 0 fully saturated rings. The van der Waals surface area contributed by atoms with Crippen molar-refractivity contribution < 1.29 is 4.79 Å². The molecule has 0 aliphatic heterocycles. The van der Waals surface area contributed by atoms with Gasteiger partial charge in [-0.05, 0) is 31.4 Å². The van der Waals surface area contributed by atoms with Crippen molar-refractivity contribution in [2.75, 3.05) is 11.6 Å². The Hall–Kier alpha value is -1.66. The second-order valence-corrected chi connectivity index (χ2v) is 5.87. The van der Waals surface area contributed by atoms with Gasteiger partial charge in [0, 0.05) is 29.4 Å². The molecular formula is C14H17ClN4OS. The van der Waals surface area contributed by atoms with Gasteiger partial charge in [-0.1, -0.05) is 11.6 Å². The first-order valence-corrected chi connectivity index (χ1v) is 7.99. The van der Waals surface area contributed by atoms with Crippen molar-refractivity contribution in [2.24, 2.45) is 7.05 Å². The Bertz CT molecular complexity index is 644. The SMILES string of the molecule is CSc1ccc(NC(=O)N[C@@H](C)c2cnn(C)c2)cc1Cl. The standard InChI is InChI=1S/C14H17ClN4OS/c1-9(10-7-16-19(2)8-10)17-14(20)18-11-4-5-13(21-3)12(15)6-11/h4-9H,1-3H3,(H2,17,18,20)/t9-/m0/s1. The molecule has 1 aromatic carbocycles. The Morgan fingerprint density at radius 3 is 2.81 bits per heavy atom. The molecule has 0 spiro atoms. The highest BCUT2D eigenvalue weighted by molar-refractivity contribution is 7.98. The normalized spacial score (nSPS) is 12.0. The zero-order chi connectivity index (χ0) is 15.4. The number of halogens is 1. The molecule has 0 aliphatic rings. The van der Waals surface area contributed by atoms with E-state index in [0.29, 0.717) is 10.7 Å². The Morgan fingerprint density at radius 1 is 1.48 bits per heavy atom. The first kappa shape index (κ1) is 15.7. The van der Waals surface area contributed by atoms with Gasteiger partial charge in [0.05, 0.1) is 17.3 Å². The highest BCUT2D eigenvalue weighted by atomic mass is 35.5. The third-order valence-corrected chi connectivity index (χ3v) is 4.20. The summed E-state index contributed by atoms with van der Waals surface area (Å²) < 4.78 is 1.70.